The maximum Gasteiger partial charge on any atom is 0.240 e. The van der Waals surface area contributed by atoms with Crippen molar-refractivity contribution < 1.29 is 4.79 Å². The average Bonchev–Trinajstić information content (AvgIpc) is 3.23. The highest BCUT2D eigenvalue weighted by Gasteiger charge is 2.37. The minimum absolute atomic E-state index is 0. The Labute approximate surface area is 150 Å². The SMILES string of the molecule is CC(C)c1ccccc1[C@@H]1CN[C@H](C(=O)N2CCC[C@H]2C#N)C1.Cl. The molecule has 1 aromatic rings. The zero-order valence-electron chi connectivity index (χ0n) is 14.4. The van der Waals surface area contributed by atoms with Gasteiger partial charge in [0.1, 0.15) is 6.04 Å². The highest BCUT2D eigenvalue weighted by molar-refractivity contribution is 5.85. The van der Waals surface area contributed by atoms with Crippen LogP contribution in [0.15, 0.2) is 24.3 Å². The second-order valence-electron chi connectivity index (χ2n) is 7.00. The first kappa shape index (κ1) is 18.8. The molecule has 0 radical (unpaired) electrons. The Balaban J connectivity index is 0.00000208. The smallest absolute Gasteiger partial charge is 0.240 e. The number of carbonyl (C=O) groups is 1. The number of likely N-dealkylation sites (tertiary alicyclic amines) is 1. The summed E-state index contributed by atoms with van der Waals surface area (Å²) in [6.07, 6.45) is 2.59. The van der Waals surface area contributed by atoms with Crippen molar-refractivity contribution >= 4 is 18.3 Å². The Morgan fingerprint density at radius 2 is 2.12 bits per heavy atom. The van der Waals surface area contributed by atoms with Crippen LogP contribution in [-0.4, -0.2) is 36.0 Å². The first-order valence-electron chi connectivity index (χ1n) is 8.64. The fourth-order valence-corrected chi connectivity index (χ4v) is 3.93. The van der Waals surface area contributed by atoms with Gasteiger partial charge in [0, 0.05) is 13.1 Å². The van der Waals surface area contributed by atoms with Gasteiger partial charge in [0.2, 0.25) is 5.91 Å². The summed E-state index contributed by atoms with van der Waals surface area (Å²) < 4.78 is 0. The maximum absolute atomic E-state index is 12.7. The highest BCUT2D eigenvalue weighted by Crippen LogP contribution is 2.33. The van der Waals surface area contributed by atoms with Crippen molar-refractivity contribution in [2.24, 2.45) is 0 Å². The van der Waals surface area contributed by atoms with Crippen molar-refractivity contribution in [3.63, 3.8) is 0 Å². The molecule has 2 saturated heterocycles. The van der Waals surface area contributed by atoms with Gasteiger partial charge < -0.3 is 10.2 Å². The molecule has 0 aromatic heterocycles. The second kappa shape index (κ2) is 8.00. The van der Waals surface area contributed by atoms with Crippen LogP contribution in [0.3, 0.4) is 0 Å². The highest BCUT2D eigenvalue weighted by atomic mass is 35.5. The van der Waals surface area contributed by atoms with E-state index >= 15 is 0 Å². The van der Waals surface area contributed by atoms with Crippen LogP contribution in [0, 0.1) is 11.3 Å². The molecule has 3 atom stereocenters. The van der Waals surface area contributed by atoms with Crippen molar-refractivity contribution in [2.45, 2.75) is 57.0 Å². The average molecular weight is 348 g/mol. The summed E-state index contributed by atoms with van der Waals surface area (Å²) in [4.78, 5) is 14.5. The molecule has 5 heteroatoms. The van der Waals surface area contributed by atoms with Gasteiger partial charge in [-0.3, -0.25) is 4.79 Å². The number of nitriles is 1. The first-order chi connectivity index (χ1) is 11.1. The number of carbonyl (C=O) groups excluding carboxylic acids is 1. The monoisotopic (exact) mass is 347 g/mol. The maximum atomic E-state index is 12.7. The number of rotatable bonds is 3. The Kier molecular flexibility index (Phi) is 6.26. The summed E-state index contributed by atoms with van der Waals surface area (Å²) >= 11 is 0. The molecule has 3 rings (SSSR count). The number of nitrogens with zero attached hydrogens (tertiary/aromatic N) is 2. The summed E-state index contributed by atoms with van der Waals surface area (Å²) in [5.74, 6) is 0.978. The lowest BCUT2D eigenvalue weighted by molar-refractivity contribution is -0.133. The van der Waals surface area contributed by atoms with Crippen molar-refractivity contribution in [1.82, 2.24) is 10.2 Å². The van der Waals surface area contributed by atoms with E-state index in [1.165, 1.54) is 11.1 Å². The lowest BCUT2D eigenvalue weighted by Gasteiger charge is -2.23. The summed E-state index contributed by atoms with van der Waals surface area (Å²) in [5.41, 5.74) is 2.74. The Hall–Kier alpha value is -1.57. The van der Waals surface area contributed by atoms with Gasteiger partial charge in [0.25, 0.3) is 0 Å². The second-order valence-corrected chi connectivity index (χ2v) is 7.00. The van der Waals surface area contributed by atoms with Crippen LogP contribution in [0.4, 0.5) is 0 Å². The number of nitrogens with one attached hydrogen (secondary N) is 1. The molecule has 0 spiro atoms. The van der Waals surface area contributed by atoms with Crippen molar-refractivity contribution in [1.29, 1.82) is 5.26 Å². The Morgan fingerprint density at radius 3 is 2.83 bits per heavy atom. The predicted molar refractivity (Wildman–Crippen MR) is 97.3 cm³/mol. The van der Waals surface area contributed by atoms with Crippen LogP contribution in [0.2, 0.25) is 0 Å². The number of hydrogen-bond donors (Lipinski definition) is 1. The van der Waals surface area contributed by atoms with E-state index in [0.717, 1.165) is 32.4 Å². The van der Waals surface area contributed by atoms with Gasteiger partial charge in [-0.1, -0.05) is 38.1 Å². The topological polar surface area (TPSA) is 56.1 Å². The van der Waals surface area contributed by atoms with Gasteiger partial charge in [-0.2, -0.15) is 5.26 Å². The first-order valence-corrected chi connectivity index (χ1v) is 8.64. The Bertz CT molecular complexity index is 625. The number of halogens is 1. The van der Waals surface area contributed by atoms with E-state index in [2.05, 4.69) is 49.5 Å². The molecule has 24 heavy (non-hydrogen) atoms. The predicted octanol–water partition coefficient (Wildman–Crippen LogP) is 3.19. The van der Waals surface area contributed by atoms with Gasteiger partial charge in [-0.05, 0) is 42.2 Å². The number of amides is 1. The fraction of sp³-hybridized carbons (Fsp3) is 0.579. The standard InChI is InChI=1S/C19H25N3O.ClH/c1-13(2)16-7-3-4-8-17(16)14-10-18(21-12-14)19(23)22-9-5-6-15(22)11-20;/h3-4,7-8,13-15,18,21H,5-6,9-10,12H2,1-2H3;1H/t14-,15-,18-;/m0./s1. The normalized spacial score (nSPS) is 26.2. The van der Waals surface area contributed by atoms with Crippen molar-refractivity contribution in [3.05, 3.63) is 35.4 Å². The molecule has 2 heterocycles. The summed E-state index contributed by atoms with van der Waals surface area (Å²) in [5, 5.41) is 12.6. The van der Waals surface area contributed by atoms with E-state index in [4.69, 9.17) is 0 Å². The quantitative estimate of drug-likeness (QED) is 0.913. The molecule has 1 amide bonds. The van der Waals surface area contributed by atoms with E-state index in [9.17, 15) is 10.1 Å². The minimum atomic E-state index is -0.230. The lowest BCUT2D eigenvalue weighted by atomic mass is 9.87. The molecule has 0 aliphatic carbocycles. The van der Waals surface area contributed by atoms with Gasteiger partial charge in [0.15, 0.2) is 0 Å². The molecule has 0 unspecified atom stereocenters. The molecular formula is C19H26ClN3O. The van der Waals surface area contributed by atoms with Crippen molar-refractivity contribution in [2.75, 3.05) is 13.1 Å². The lowest BCUT2D eigenvalue weighted by Crippen LogP contribution is -2.45. The van der Waals surface area contributed by atoms with E-state index in [-0.39, 0.29) is 30.4 Å². The number of hydrogen-bond acceptors (Lipinski definition) is 3. The third-order valence-corrected chi connectivity index (χ3v) is 5.17. The molecule has 1 aromatic carbocycles. The van der Waals surface area contributed by atoms with Crippen LogP contribution >= 0.6 is 12.4 Å². The van der Waals surface area contributed by atoms with Gasteiger partial charge in [-0.15, -0.1) is 12.4 Å². The Morgan fingerprint density at radius 1 is 1.38 bits per heavy atom. The molecule has 2 aliphatic heterocycles. The van der Waals surface area contributed by atoms with Crippen LogP contribution in [0.25, 0.3) is 0 Å². The van der Waals surface area contributed by atoms with E-state index in [0.29, 0.717) is 11.8 Å². The van der Waals surface area contributed by atoms with Gasteiger partial charge >= 0.3 is 0 Å². The summed E-state index contributed by atoms with van der Waals surface area (Å²) in [7, 11) is 0. The van der Waals surface area contributed by atoms with Gasteiger partial charge in [-0.25, -0.2) is 0 Å². The molecule has 2 aliphatic rings. The van der Waals surface area contributed by atoms with E-state index < -0.39 is 0 Å². The summed E-state index contributed by atoms with van der Waals surface area (Å²) in [6.45, 7) is 5.99. The third-order valence-electron chi connectivity index (χ3n) is 5.17. The van der Waals surface area contributed by atoms with Crippen LogP contribution in [0.5, 0.6) is 0 Å². The largest absolute Gasteiger partial charge is 0.325 e. The molecule has 1 N–H and O–H groups in total. The molecule has 0 bridgehead atoms. The zero-order valence-corrected chi connectivity index (χ0v) is 15.2. The van der Waals surface area contributed by atoms with Crippen LogP contribution in [-0.2, 0) is 4.79 Å². The van der Waals surface area contributed by atoms with Crippen molar-refractivity contribution in [3.8, 4) is 6.07 Å². The molecule has 2 fully saturated rings. The van der Waals surface area contributed by atoms with E-state index in [1.807, 2.05) is 0 Å². The van der Waals surface area contributed by atoms with Crippen LogP contribution in [0.1, 0.15) is 56.1 Å². The van der Waals surface area contributed by atoms with Gasteiger partial charge in [0.05, 0.1) is 12.1 Å². The number of benzene rings is 1. The van der Waals surface area contributed by atoms with E-state index in [1.54, 1.807) is 4.90 Å². The molecule has 4 nitrogen and oxygen atoms in total. The zero-order chi connectivity index (χ0) is 16.4. The summed E-state index contributed by atoms with van der Waals surface area (Å²) in [6, 6.07) is 10.5. The third kappa shape index (κ3) is 3.58. The minimum Gasteiger partial charge on any atom is -0.325 e. The molecule has 0 saturated carbocycles. The molecule has 130 valence electrons. The fourth-order valence-electron chi connectivity index (χ4n) is 3.93. The van der Waals surface area contributed by atoms with Crippen LogP contribution < -0.4 is 5.32 Å². The molecular weight excluding hydrogens is 322 g/mol.